The van der Waals surface area contributed by atoms with Gasteiger partial charge in [0.15, 0.2) is 0 Å². The van der Waals surface area contributed by atoms with Crippen molar-refractivity contribution in [1.82, 2.24) is 15.0 Å². The summed E-state index contributed by atoms with van der Waals surface area (Å²) in [4.78, 5) is 0. The van der Waals surface area contributed by atoms with Crippen LogP contribution in [0.25, 0.3) is 0 Å². The molecule has 5 nitrogen and oxygen atoms in total. The average Bonchev–Trinajstić information content (AvgIpc) is 2.65. The zero-order valence-electron chi connectivity index (χ0n) is 8.39. The number of nitrogens with zero attached hydrogens (tertiary/aromatic N) is 3. The number of rotatable bonds is 2. The SMILES string of the molecule is Cn1nncc1C(N)C1CCOCC1. The van der Waals surface area contributed by atoms with E-state index in [0.29, 0.717) is 5.92 Å². The van der Waals surface area contributed by atoms with Gasteiger partial charge in [0.2, 0.25) is 0 Å². The third-order valence-electron chi connectivity index (χ3n) is 2.86. The molecule has 5 heteroatoms. The number of ether oxygens (including phenoxy) is 1. The van der Waals surface area contributed by atoms with Crippen LogP contribution >= 0.6 is 0 Å². The second kappa shape index (κ2) is 4.06. The van der Waals surface area contributed by atoms with Crippen LogP contribution in [0.1, 0.15) is 24.6 Å². The molecule has 0 spiro atoms. The van der Waals surface area contributed by atoms with Crippen molar-refractivity contribution in [2.75, 3.05) is 13.2 Å². The van der Waals surface area contributed by atoms with Crippen molar-refractivity contribution in [2.45, 2.75) is 18.9 Å². The summed E-state index contributed by atoms with van der Waals surface area (Å²) in [6, 6.07) is 0.0406. The van der Waals surface area contributed by atoms with Gasteiger partial charge in [0.05, 0.1) is 17.9 Å². The van der Waals surface area contributed by atoms with Gasteiger partial charge in [-0.15, -0.1) is 5.10 Å². The number of hydrogen-bond acceptors (Lipinski definition) is 4. The predicted molar refractivity (Wildman–Crippen MR) is 51.5 cm³/mol. The van der Waals surface area contributed by atoms with Crippen molar-refractivity contribution >= 4 is 0 Å². The van der Waals surface area contributed by atoms with Crippen molar-refractivity contribution in [1.29, 1.82) is 0 Å². The van der Waals surface area contributed by atoms with Gasteiger partial charge in [-0.25, -0.2) is 0 Å². The van der Waals surface area contributed by atoms with Gasteiger partial charge in [-0.05, 0) is 18.8 Å². The molecule has 1 unspecified atom stereocenters. The van der Waals surface area contributed by atoms with Gasteiger partial charge in [0.25, 0.3) is 0 Å². The topological polar surface area (TPSA) is 66.0 Å². The van der Waals surface area contributed by atoms with E-state index in [9.17, 15) is 0 Å². The quantitative estimate of drug-likeness (QED) is 0.736. The number of aryl methyl sites for hydroxylation is 1. The summed E-state index contributed by atoms with van der Waals surface area (Å²) in [7, 11) is 1.88. The monoisotopic (exact) mass is 196 g/mol. The van der Waals surface area contributed by atoms with Gasteiger partial charge in [-0.3, -0.25) is 4.68 Å². The molecule has 2 heterocycles. The second-order valence-corrected chi connectivity index (χ2v) is 3.76. The molecule has 0 aliphatic carbocycles. The van der Waals surface area contributed by atoms with Gasteiger partial charge in [-0.1, -0.05) is 5.21 Å². The van der Waals surface area contributed by atoms with Crippen molar-refractivity contribution < 1.29 is 4.74 Å². The van der Waals surface area contributed by atoms with Crippen molar-refractivity contribution in [3.05, 3.63) is 11.9 Å². The molecule has 2 rings (SSSR count). The number of aromatic nitrogens is 3. The Hall–Kier alpha value is -0.940. The Morgan fingerprint density at radius 1 is 1.57 bits per heavy atom. The van der Waals surface area contributed by atoms with Gasteiger partial charge in [0, 0.05) is 20.3 Å². The Morgan fingerprint density at radius 3 is 2.86 bits per heavy atom. The average molecular weight is 196 g/mol. The molecule has 0 saturated carbocycles. The Bertz CT molecular complexity index is 293. The summed E-state index contributed by atoms with van der Waals surface area (Å²) in [6.07, 6.45) is 3.82. The number of hydrogen-bond donors (Lipinski definition) is 1. The Kier molecular flexibility index (Phi) is 2.79. The first-order chi connectivity index (χ1) is 6.79. The molecule has 14 heavy (non-hydrogen) atoms. The Labute approximate surface area is 83.2 Å². The van der Waals surface area contributed by atoms with Crippen LogP contribution < -0.4 is 5.73 Å². The highest BCUT2D eigenvalue weighted by Crippen LogP contribution is 2.26. The van der Waals surface area contributed by atoms with Crippen molar-refractivity contribution in [2.24, 2.45) is 18.7 Å². The zero-order valence-corrected chi connectivity index (χ0v) is 8.39. The zero-order chi connectivity index (χ0) is 9.97. The van der Waals surface area contributed by atoms with Crippen LogP contribution in [-0.2, 0) is 11.8 Å². The molecular formula is C9H16N4O. The molecule has 0 bridgehead atoms. The van der Waals surface area contributed by atoms with E-state index in [1.165, 1.54) is 0 Å². The van der Waals surface area contributed by atoms with Crippen LogP contribution in [0.5, 0.6) is 0 Å². The smallest absolute Gasteiger partial charge is 0.0753 e. The molecule has 0 aromatic carbocycles. The highest BCUT2D eigenvalue weighted by molar-refractivity contribution is 5.03. The Balaban J connectivity index is 2.07. The van der Waals surface area contributed by atoms with Gasteiger partial charge in [0.1, 0.15) is 0 Å². The van der Waals surface area contributed by atoms with E-state index in [1.54, 1.807) is 10.9 Å². The van der Waals surface area contributed by atoms with E-state index in [-0.39, 0.29) is 6.04 Å². The first-order valence-corrected chi connectivity index (χ1v) is 4.97. The molecule has 1 atom stereocenters. The highest BCUT2D eigenvalue weighted by atomic mass is 16.5. The van der Waals surface area contributed by atoms with Crippen LogP contribution in [0, 0.1) is 5.92 Å². The standard InChI is InChI=1S/C9H16N4O/c1-13-8(6-11-12-13)9(10)7-2-4-14-5-3-7/h6-7,9H,2-5,10H2,1H3. The molecule has 1 fully saturated rings. The normalized spacial score (nSPS) is 21.0. The maximum Gasteiger partial charge on any atom is 0.0753 e. The van der Waals surface area contributed by atoms with Gasteiger partial charge < -0.3 is 10.5 Å². The van der Waals surface area contributed by atoms with Crippen molar-refractivity contribution in [3.8, 4) is 0 Å². The van der Waals surface area contributed by atoms with Gasteiger partial charge >= 0.3 is 0 Å². The number of nitrogens with two attached hydrogens (primary N) is 1. The van der Waals surface area contributed by atoms with E-state index in [0.717, 1.165) is 31.7 Å². The molecule has 0 radical (unpaired) electrons. The first-order valence-electron chi connectivity index (χ1n) is 4.97. The first kappa shape index (κ1) is 9.61. The Morgan fingerprint density at radius 2 is 2.29 bits per heavy atom. The minimum Gasteiger partial charge on any atom is -0.381 e. The van der Waals surface area contributed by atoms with Crippen LogP contribution in [-0.4, -0.2) is 28.2 Å². The lowest BCUT2D eigenvalue weighted by atomic mass is 9.90. The fourth-order valence-electron chi connectivity index (χ4n) is 1.92. The molecule has 1 saturated heterocycles. The lowest BCUT2D eigenvalue weighted by Gasteiger charge is -2.27. The minimum atomic E-state index is 0.0406. The van der Waals surface area contributed by atoms with Crippen LogP contribution in [0.2, 0.25) is 0 Å². The highest BCUT2D eigenvalue weighted by Gasteiger charge is 2.24. The molecule has 1 aliphatic heterocycles. The van der Waals surface area contributed by atoms with Crippen LogP contribution in [0.15, 0.2) is 6.20 Å². The van der Waals surface area contributed by atoms with Crippen LogP contribution in [0.3, 0.4) is 0 Å². The van der Waals surface area contributed by atoms with E-state index in [4.69, 9.17) is 10.5 Å². The van der Waals surface area contributed by atoms with E-state index in [2.05, 4.69) is 10.3 Å². The minimum absolute atomic E-state index is 0.0406. The summed E-state index contributed by atoms with van der Waals surface area (Å²) in [5, 5.41) is 7.73. The lowest BCUT2D eigenvalue weighted by Crippen LogP contribution is -2.28. The summed E-state index contributed by atoms with van der Waals surface area (Å²) < 4.78 is 7.05. The summed E-state index contributed by atoms with van der Waals surface area (Å²) in [5.41, 5.74) is 7.17. The summed E-state index contributed by atoms with van der Waals surface area (Å²) >= 11 is 0. The van der Waals surface area contributed by atoms with E-state index < -0.39 is 0 Å². The van der Waals surface area contributed by atoms with E-state index in [1.807, 2.05) is 7.05 Å². The molecule has 78 valence electrons. The summed E-state index contributed by atoms with van der Waals surface area (Å²) in [6.45, 7) is 1.65. The lowest BCUT2D eigenvalue weighted by molar-refractivity contribution is 0.0575. The largest absolute Gasteiger partial charge is 0.381 e. The van der Waals surface area contributed by atoms with Crippen molar-refractivity contribution in [3.63, 3.8) is 0 Å². The molecule has 0 amide bonds. The van der Waals surface area contributed by atoms with Gasteiger partial charge in [-0.2, -0.15) is 0 Å². The van der Waals surface area contributed by atoms with E-state index >= 15 is 0 Å². The third kappa shape index (κ3) is 1.78. The molecule has 1 aromatic heterocycles. The third-order valence-corrected chi connectivity index (χ3v) is 2.86. The maximum atomic E-state index is 6.16. The maximum absolute atomic E-state index is 6.16. The fourth-order valence-corrected chi connectivity index (χ4v) is 1.92. The second-order valence-electron chi connectivity index (χ2n) is 3.76. The molecular weight excluding hydrogens is 180 g/mol. The molecule has 2 N–H and O–H groups in total. The fraction of sp³-hybridized carbons (Fsp3) is 0.778. The molecule has 1 aliphatic rings. The summed E-state index contributed by atoms with van der Waals surface area (Å²) in [5.74, 6) is 0.501. The molecule has 1 aromatic rings. The van der Waals surface area contributed by atoms with Crippen LogP contribution in [0.4, 0.5) is 0 Å². The predicted octanol–water partition coefficient (Wildman–Crippen LogP) is 0.241.